The van der Waals surface area contributed by atoms with Crippen LogP contribution >= 0.6 is 22.7 Å². The van der Waals surface area contributed by atoms with Gasteiger partial charge < -0.3 is 14.8 Å². The molecule has 1 saturated carbocycles. The molecule has 0 aromatic carbocycles. The first kappa shape index (κ1) is 21.0. The number of pyridine rings is 1. The first-order valence-corrected chi connectivity index (χ1v) is 11.7. The van der Waals surface area contributed by atoms with Gasteiger partial charge in [0, 0.05) is 31.1 Å². The number of nitrogens with one attached hydrogen (secondary N) is 1. The summed E-state index contributed by atoms with van der Waals surface area (Å²) in [6, 6.07) is 3.84. The van der Waals surface area contributed by atoms with Crippen molar-refractivity contribution in [1.29, 1.82) is 0 Å². The summed E-state index contributed by atoms with van der Waals surface area (Å²) in [6.45, 7) is 1.23. The van der Waals surface area contributed by atoms with E-state index in [1.54, 1.807) is 30.5 Å². The molecule has 1 fully saturated rings. The van der Waals surface area contributed by atoms with E-state index in [1.807, 2.05) is 12.1 Å². The number of hydrogen-bond acceptors (Lipinski definition) is 8. The predicted octanol–water partition coefficient (Wildman–Crippen LogP) is 4.03. The molecule has 9 heteroatoms. The Morgan fingerprint density at radius 1 is 1.03 bits per heavy atom. The second-order valence-electron chi connectivity index (χ2n) is 7.17. The molecule has 0 unspecified atom stereocenters. The van der Waals surface area contributed by atoms with Crippen LogP contribution in [0.15, 0.2) is 35.5 Å². The molecule has 0 bridgehead atoms. The Morgan fingerprint density at radius 2 is 1.67 bits per heavy atom. The maximum atomic E-state index is 13.0. The molecule has 1 aliphatic rings. The van der Waals surface area contributed by atoms with Crippen LogP contribution in [0.4, 0.5) is 0 Å². The van der Waals surface area contributed by atoms with Gasteiger partial charge >= 0.3 is 0 Å². The SMILES string of the molecule is COCCOC1CCC(NC(=O)c2cc(-c3cncs3)nc(-c3cncs3)c2)CC1. The summed E-state index contributed by atoms with van der Waals surface area (Å²) in [5, 5.41) is 3.20. The minimum atomic E-state index is -0.0716. The molecule has 3 heterocycles. The Balaban J connectivity index is 1.45. The molecule has 1 amide bonds. The lowest BCUT2D eigenvalue weighted by Crippen LogP contribution is -2.39. The normalized spacial score (nSPS) is 19.0. The number of aromatic nitrogens is 3. The summed E-state index contributed by atoms with van der Waals surface area (Å²) in [5.74, 6) is -0.0716. The highest BCUT2D eigenvalue weighted by atomic mass is 32.1. The molecule has 0 aliphatic heterocycles. The van der Waals surface area contributed by atoms with Gasteiger partial charge in [-0.1, -0.05) is 0 Å². The van der Waals surface area contributed by atoms with Crippen molar-refractivity contribution < 1.29 is 14.3 Å². The Bertz CT molecular complexity index is 887. The van der Waals surface area contributed by atoms with Crippen LogP contribution in [0.2, 0.25) is 0 Å². The van der Waals surface area contributed by atoms with Crippen molar-refractivity contribution in [2.24, 2.45) is 0 Å². The van der Waals surface area contributed by atoms with E-state index in [0.29, 0.717) is 18.8 Å². The van der Waals surface area contributed by atoms with Crippen molar-refractivity contribution in [1.82, 2.24) is 20.3 Å². The molecule has 3 aromatic heterocycles. The van der Waals surface area contributed by atoms with E-state index in [9.17, 15) is 4.79 Å². The van der Waals surface area contributed by atoms with Crippen LogP contribution in [0.1, 0.15) is 36.0 Å². The lowest BCUT2D eigenvalue weighted by atomic mass is 9.92. The summed E-state index contributed by atoms with van der Waals surface area (Å²) in [7, 11) is 1.68. The zero-order chi connectivity index (χ0) is 20.8. The molecular formula is C21H24N4O3S2. The second-order valence-corrected chi connectivity index (χ2v) is 8.94. The number of amides is 1. The van der Waals surface area contributed by atoms with Gasteiger partial charge in [0.15, 0.2) is 0 Å². The van der Waals surface area contributed by atoms with E-state index in [-0.39, 0.29) is 18.1 Å². The highest BCUT2D eigenvalue weighted by Gasteiger charge is 2.24. The Hall–Kier alpha value is -2.20. The Morgan fingerprint density at radius 3 is 2.20 bits per heavy atom. The van der Waals surface area contributed by atoms with Crippen LogP contribution in [0.3, 0.4) is 0 Å². The number of ether oxygens (including phenoxy) is 2. The summed E-state index contributed by atoms with van der Waals surface area (Å²) in [6.07, 6.45) is 7.53. The van der Waals surface area contributed by atoms with Gasteiger partial charge in [-0.3, -0.25) is 14.8 Å². The molecule has 1 aliphatic carbocycles. The number of hydrogen-bond donors (Lipinski definition) is 1. The zero-order valence-corrected chi connectivity index (χ0v) is 18.4. The Labute approximate surface area is 183 Å². The molecule has 4 rings (SSSR count). The quantitative estimate of drug-likeness (QED) is 0.528. The van der Waals surface area contributed by atoms with E-state index >= 15 is 0 Å². The van der Waals surface area contributed by atoms with Crippen LogP contribution in [0.5, 0.6) is 0 Å². The average molecular weight is 445 g/mol. The van der Waals surface area contributed by atoms with E-state index in [2.05, 4.69) is 15.3 Å². The molecular weight excluding hydrogens is 420 g/mol. The second kappa shape index (κ2) is 10.2. The number of carbonyl (C=O) groups is 1. The van der Waals surface area contributed by atoms with Crippen LogP contribution in [-0.2, 0) is 9.47 Å². The van der Waals surface area contributed by atoms with Gasteiger partial charge in [-0.05, 0) is 37.8 Å². The average Bonchev–Trinajstić information content (AvgIpc) is 3.49. The monoisotopic (exact) mass is 444 g/mol. The smallest absolute Gasteiger partial charge is 0.251 e. The summed E-state index contributed by atoms with van der Waals surface area (Å²) in [4.78, 5) is 27.9. The molecule has 1 N–H and O–H groups in total. The fourth-order valence-electron chi connectivity index (χ4n) is 3.54. The maximum absolute atomic E-state index is 13.0. The van der Waals surface area contributed by atoms with Crippen molar-refractivity contribution in [3.05, 3.63) is 41.1 Å². The van der Waals surface area contributed by atoms with Gasteiger partial charge in [-0.25, -0.2) is 4.98 Å². The molecule has 0 atom stereocenters. The van der Waals surface area contributed by atoms with Crippen molar-refractivity contribution in [2.45, 2.75) is 37.8 Å². The summed E-state index contributed by atoms with van der Waals surface area (Å²) < 4.78 is 10.9. The van der Waals surface area contributed by atoms with Crippen molar-refractivity contribution >= 4 is 28.6 Å². The van der Waals surface area contributed by atoms with E-state index in [1.165, 1.54) is 22.7 Å². The number of rotatable bonds is 8. The molecule has 3 aromatic rings. The largest absolute Gasteiger partial charge is 0.382 e. The molecule has 0 spiro atoms. The van der Waals surface area contributed by atoms with Crippen molar-refractivity contribution in [3.8, 4) is 21.1 Å². The van der Waals surface area contributed by atoms with Gasteiger partial charge in [-0.2, -0.15) is 0 Å². The van der Waals surface area contributed by atoms with Gasteiger partial charge in [0.1, 0.15) is 0 Å². The summed E-state index contributed by atoms with van der Waals surface area (Å²) >= 11 is 3.01. The minimum absolute atomic E-state index is 0.0716. The zero-order valence-electron chi connectivity index (χ0n) is 16.7. The lowest BCUT2D eigenvalue weighted by molar-refractivity contribution is -0.00408. The highest BCUT2D eigenvalue weighted by molar-refractivity contribution is 7.13. The van der Waals surface area contributed by atoms with E-state index < -0.39 is 0 Å². The topological polar surface area (TPSA) is 86.2 Å². The van der Waals surface area contributed by atoms with E-state index in [0.717, 1.165) is 46.8 Å². The predicted molar refractivity (Wildman–Crippen MR) is 118 cm³/mol. The number of methoxy groups -OCH3 is 1. The fraction of sp³-hybridized carbons (Fsp3) is 0.429. The maximum Gasteiger partial charge on any atom is 0.251 e. The third-order valence-corrected chi connectivity index (χ3v) is 6.70. The van der Waals surface area contributed by atoms with Crippen LogP contribution in [0, 0.1) is 0 Å². The number of thiazole rings is 2. The molecule has 30 heavy (non-hydrogen) atoms. The van der Waals surface area contributed by atoms with Crippen molar-refractivity contribution in [2.75, 3.05) is 20.3 Å². The number of carbonyl (C=O) groups excluding carboxylic acids is 1. The van der Waals surface area contributed by atoms with Crippen LogP contribution in [0.25, 0.3) is 21.1 Å². The van der Waals surface area contributed by atoms with Gasteiger partial charge in [0.25, 0.3) is 5.91 Å². The Kier molecular flexibility index (Phi) is 7.16. The third kappa shape index (κ3) is 5.28. The van der Waals surface area contributed by atoms with Gasteiger partial charge in [0.05, 0.1) is 51.5 Å². The van der Waals surface area contributed by atoms with Gasteiger partial charge in [-0.15, -0.1) is 22.7 Å². The third-order valence-electron chi connectivity index (χ3n) is 5.11. The lowest BCUT2D eigenvalue weighted by Gasteiger charge is -2.29. The molecule has 7 nitrogen and oxygen atoms in total. The van der Waals surface area contributed by atoms with Crippen molar-refractivity contribution in [3.63, 3.8) is 0 Å². The standard InChI is InChI=1S/C21H24N4O3S2/c1-27-6-7-28-16-4-2-15(3-5-16)24-21(26)14-8-17(19-10-22-12-29-19)25-18(9-14)20-11-23-13-30-20/h8-13,15-16H,2-7H2,1H3,(H,24,26). The summed E-state index contributed by atoms with van der Waals surface area (Å²) in [5.41, 5.74) is 5.65. The fourth-order valence-corrected chi connectivity index (χ4v) is 4.70. The highest BCUT2D eigenvalue weighted by Crippen LogP contribution is 2.29. The molecule has 158 valence electrons. The van der Waals surface area contributed by atoms with Gasteiger partial charge in [0.2, 0.25) is 0 Å². The van der Waals surface area contributed by atoms with Crippen LogP contribution in [-0.4, -0.2) is 53.3 Å². The first-order valence-electron chi connectivity index (χ1n) is 9.94. The first-order chi connectivity index (χ1) is 14.7. The minimum Gasteiger partial charge on any atom is -0.382 e. The number of nitrogens with zero attached hydrogens (tertiary/aromatic N) is 3. The molecule has 0 radical (unpaired) electrons. The molecule has 0 saturated heterocycles. The van der Waals surface area contributed by atoms with Crippen LogP contribution < -0.4 is 5.32 Å². The van der Waals surface area contributed by atoms with E-state index in [4.69, 9.17) is 14.5 Å².